The number of esters is 1. The third-order valence-electron chi connectivity index (χ3n) is 6.12. The van der Waals surface area contributed by atoms with Gasteiger partial charge < -0.3 is 30.6 Å². The second-order valence-corrected chi connectivity index (χ2v) is 11.5. The van der Waals surface area contributed by atoms with Crippen LogP contribution in [-0.2, 0) is 14.8 Å². The molecule has 4 aromatic rings. The molecular formula is C30H28Cl2FN5O8S. The van der Waals surface area contributed by atoms with Crippen molar-refractivity contribution in [2.75, 3.05) is 39.4 Å². The van der Waals surface area contributed by atoms with Gasteiger partial charge in [-0.3, -0.25) is 4.79 Å². The molecule has 0 spiro atoms. The molecule has 17 heteroatoms. The van der Waals surface area contributed by atoms with Gasteiger partial charge in [0.25, 0.3) is 15.9 Å². The molecule has 13 nitrogen and oxygen atoms in total. The van der Waals surface area contributed by atoms with Crippen LogP contribution in [0.25, 0.3) is 11.3 Å². The molecule has 4 rings (SSSR count). The molecule has 0 aliphatic heterocycles. The normalized spacial score (nSPS) is 10.5. The molecule has 0 fully saturated rings. The van der Waals surface area contributed by atoms with Crippen LogP contribution in [0, 0.1) is 5.82 Å². The van der Waals surface area contributed by atoms with Crippen LogP contribution >= 0.6 is 23.2 Å². The van der Waals surface area contributed by atoms with Crippen LogP contribution in [0.5, 0.6) is 11.5 Å². The van der Waals surface area contributed by atoms with Gasteiger partial charge in [0.1, 0.15) is 5.75 Å². The van der Waals surface area contributed by atoms with Crippen LogP contribution in [0.1, 0.15) is 20.8 Å². The van der Waals surface area contributed by atoms with E-state index in [2.05, 4.69) is 20.4 Å². The van der Waals surface area contributed by atoms with Gasteiger partial charge in [-0.1, -0.05) is 35.3 Å². The summed E-state index contributed by atoms with van der Waals surface area (Å²) in [4.78, 5) is 39.0. The summed E-state index contributed by atoms with van der Waals surface area (Å²) in [7, 11) is 1.25. The number of rotatable bonds is 8. The number of methoxy groups -OCH3 is 3. The maximum atomic E-state index is 14.4. The number of nitrogens with zero attached hydrogens (tertiary/aromatic N) is 1. The van der Waals surface area contributed by atoms with E-state index < -0.39 is 33.7 Å². The lowest BCUT2D eigenvalue weighted by Gasteiger charge is -2.11. The number of pyridine rings is 1. The minimum Gasteiger partial charge on any atom is -0.496 e. The number of nitrogens with one attached hydrogen (secondary N) is 3. The summed E-state index contributed by atoms with van der Waals surface area (Å²) >= 11 is 11.8. The van der Waals surface area contributed by atoms with Gasteiger partial charge in [-0.25, -0.2) is 32.1 Å². The first-order chi connectivity index (χ1) is 22.3. The lowest BCUT2D eigenvalue weighted by Crippen LogP contribution is -2.31. The molecule has 5 N–H and O–H groups in total. The second kappa shape index (κ2) is 15.9. The van der Waals surface area contributed by atoms with Crippen molar-refractivity contribution in [1.82, 2.24) is 15.0 Å². The monoisotopic (exact) mass is 707 g/mol. The quantitative estimate of drug-likeness (QED) is 0.179. The van der Waals surface area contributed by atoms with Crippen molar-refractivity contribution in [3.8, 4) is 22.8 Å². The Bertz CT molecular complexity index is 1910. The number of hydrogen-bond donors (Lipinski definition) is 4. The van der Waals surface area contributed by atoms with E-state index in [0.29, 0.717) is 5.69 Å². The molecule has 0 aliphatic carbocycles. The van der Waals surface area contributed by atoms with E-state index in [4.69, 9.17) is 38.4 Å². The number of amides is 3. The number of benzene rings is 3. The SMILES string of the molecule is CNC(=O)Nc1ccc(S(=O)(=O)NC(=O)c2ccccc2OC)cc1.COC(=O)c1nc(-c2ccc(Cl)c(OC)c2F)cc(N)c1Cl. The van der Waals surface area contributed by atoms with Crippen molar-refractivity contribution in [3.05, 3.63) is 93.8 Å². The zero-order valence-electron chi connectivity index (χ0n) is 25.2. The summed E-state index contributed by atoms with van der Waals surface area (Å²) in [5.74, 6) is -2.17. The molecule has 1 aromatic heterocycles. The smallest absolute Gasteiger partial charge is 0.358 e. The van der Waals surface area contributed by atoms with E-state index in [9.17, 15) is 27.2 Å². The first-order valence-corrected chi connectivity index (χ1v) is 15.4. The fourth-order valence-corrected chi connectivity index (χ4v) is 5.18. The van der Waals surface area contributed by atoms with Gasteiger partial charge in [0.15, 0.2) is 17.3 Å². The van der Waals surface area contributed by atoms with E-state index in [1.54, 1.807) is 18.2 Å². The highest BCUT2D eigenvalue weighted by atomic mass is 35.5. The number of halogens is 3. The van der Waals surface area contributed by atoms with Gasteiger partial charge in [0.05, 0.1) is 53.2 Å². The summed E-state index contributed by atoms with van der Waals surface area (Å²) in [5, 5.41) is 4.93. The summed E-state index contributed by atoms with van der Waals surface area (Å²) in [6.07, 6.45) is 0. The highest BCUT2D eigenvalue weighted by Crippen LogP contribution is 2.36. The van der Waals surface area contributed by atoms with Crippen molar-refractivity contribution in [2.24, 2.45) is 0 Å². The van der Waals surface area contributed by atoms with Crippen LogP contribution in [0.2, 0.25) is 10.0 Å². The van der Waals surface area contributed by atoms with E-state index in [1.165, 1.54) is 76.9 Å². The number of sulfonamides is 1. The van der Waals surface area contributed by atoms with E-state index in [-0.39, 0.29) is 54.6 Å². The lowest BCUT2D eigenvalue weighted by molar-refractivity contribution is 0.0594. The Morgan fingerprint density at radius 2 is 1.60 bits per heavy atom. The minimum atomic E-state index is -4.07. The van der Waals surface area contributed by atoms with Crippen molar-refractivity contribution in [3.63, 3.8) is 0 Å². The standard InChI is InChI=1S/C16H17N3O5S.C14H11Cl2FN2O3/c1-17-16(21)18-11-7-9-12(10-8-11)25(22,23)19-15(20)13-5-3-4-6-14(13)24-2;1-21-13-7(15)4-3-6(11(13)17)9-5-8(18)10(16)12(19-9)14(20)22-2/h3-10H,1-2H3,(H,19,20)(H2,17,18,21);3-5H,1-2H3,(H2,18,19). The number of nitrogens with two attached hydrogens (primary N) is 1. The highest BCUT2D eigenvalue weighted by molar-refractivity contribution is 7.90. The Kier molecular flexibility index (Phi) is 12.3. The highest BCUT2D eigenvalue weighted by Gasteiger charge is 2.22. The number of urea groups is 1. The van der Waals surface area contributed by atoms with Crippen molar-refractivity contribution in [2.45, 2.75) is 4.90 Å². The molecule has 3 amide bonds. The first kappa shape index (κ1) is 36.3. The number of carbonyl (C=O) groups excluding carboxylic acids is 3. The molecule has 0 atom stereocenters. The second-order valence-electron chi connectivity index (χ2n) is 9.06. The Hall–Kier alpha value is -5.12. The zero-order valence-corrected chi connectivity index (χ0v) is 27.5. The molecule has 0 unspecified atom stereocenters. The third-order valence-corrected chi connectivity index (χ3v) is 8.16. The summed E-state index contributed by atoms with van der Waals surface area (Å²) in [6.45, 7) is 0. The van der Waals surface area contributed by atoms with Crippen LogP contribution in [0.4, 0.5) is 20.6 Å². The molecule has 248 valence electrons. The number of aromatic nitrogens is 1. The van der Waals surface area contributed by atoms with Gasteiger partial charge in [0, 0.05) is 18.3 Å². The van der Waals surface area contributed by atoms with Crippen LogP contribution in [0.3, 0.4) is 0 Å². The van der Waals surface area contributed by atoms with Gasteiger partial charge in [-0.15, -0.1) is 0 Å². The van der Waals surface area contributed by atoms with Gasteiger partial charge in [-0.2, -0.15) is 0 Å². The molecule has 1 heterocycles. The van der Waals surface area contributed by atoms with Crippen molar-refractivity contribution < 1.29 is 41.4 Å². The average molecular weight is 709 g/mol. The Morgan fingerprint density at radius 3 is 2.19 bits per heavy atom. The zero-order chi connectivity index (χ0) is 34.9. The Morgan fingerprint density at radius 1 is 0.936 bits per heavy atom. The molecular weight excluding hydrogens is 680 g/mol. The molecule has 0 bridgehead atoms. The van der Waals surface area contributed by atoms with Crippen molar-refractivity contribution in [1.29, 1.82) is 0 Å². The molecule has 0 saturated carbocycles. The minimum absolute atomic E-state index is 0.0584. The molecule has 0 saturated heterocycles. The predicted molar refractivity (Wildman–Crippen MR) is 174 cm³/mol. The van der Waals surface area contributed by atoms with Crippen molar-refractivity contribution >= 4 is 62.5 Å². The maximum absolute atomic E-state index is 14.4. The number of para-hydroxylation sites is 1. The topological polar surface area (TPSA) is 188 Å². The van der Waals surface area contributed by atoms with Crippen LogP contribution < -0.4 is 30.6 Å². The fourth-order valence-electron chi connectivity index (χ4n) is 3.82. The Labute approximate surface area is 279 Å². The largest absolute Gasteiger partial charge is 0.496 e. The fraction of sp³-hybridized carbons (Fsp3) is 0.133. The number of ether oxygens (including phenoxy) is 3. The van der Waals surface area contributed by atoms with Crippen LogP contribution in [-0.4, -0.2) is 59.7 Å². The molecule has 0 radical (unpaired) electrons. The number of nitrogen functional groups attached to an aromatic ring is 1. The van der Waals surface area contributed by atoms with E-state index >= 15 is 0 Å². The van der Waals surface area contributed by atoms with Gasteiger partial charge >= 0.3 is 12.0 Å². The Balaban J connectivity index is 0.000000257. The van der Waals surface area contributed by atoms with E-state index in [1.807, 2.05) is 4.72 Å². The maximum Gasteiger partial charge on any atom is 0.358 e. The van der Waals surface area contributed by atoms with E-state index in [0.717, 1.165) is 0 Å². The molecule has 3 aromatic carbocycles. The molecule has 47 heavy (non-hydrogen) atoms. The number of hydrogen-bond acceptors (Lipinski definition) is 10. The van der Waals surface area contributed by atoms with Gasteiger partial charge in [0.2, 0.25) is 0 Å². The predicted octanol–water partition coefficient (Wildman–Crippen LogP) is 5.14. The number of carbonyl (C=O) groups is 3. The summed E-state index contributed by atoms with van der Waals surface area (Å²) in [5.41, 5.74) is 6.30. The summed E-state index contributed by atoms with van der Waals surface area (Å²) in [6, 6.07) is 15.4. The first-order valence-electron chi connectivity index (χ1n) is 13.1. The summed E-state index contributed by atoms with van der Waals surface area (Å²) < 4.78 is 55.6. The van der Waals surface area contributed by atoms with Gasteiger partial charge in [-0.05, 0) is 54.6 Å². The third kappa shape index (κ3) is 8.78. The lowest BCUT2D eigenvalue weighted by atomic mass is 10.1. The average Bonchev–Trinajstić information content (AvgIpc) is 3.06. The van der Waals surface area contributed by atoms with Crippen LogP contribution in [0.15, 0.2) is 71.6 Å². The molecule has 0 aliphatic rings. The number of anilines is 2.